The second-order valence-corrected chi connectivity index (χ2v) is 8.78. The zero-order chi connectivity index (χ0) is 22.1. The minimum Gasteiger partial charge on any atom is -0.322 e. The summed E-state index contributed by atoms with van der Waals surface area (Å²) in [5.74, 6) is 0.713. The monoisotopic (exact) mass is 428 g/mol. The van der Waals surface area contributed by atoms with E-state index >= 15 is 0 Å². The highest BCUT2D eigenvalue weighted by molar-refractivity contribution is 5.83. The van der Waals surface area contributed by atoms with Crippen LogP contribution in [0.1, 0.15) is 53.4 Å². The molecule has 0 amide bonds. The van der Waals surface area contributed by atoms with Crippen LogP contribution in [0.25, 0.3) is 10.9 Å². The zero-order valence-electron chi connectivity index (χ0n) is 18.6. The van der Waals surface area contributed by atoms with Gasteiger partial charge in [0.15, 0.2) is 5.82 Å². The molecule has 2 aromatic carbocycles. The summed E-state index contributed by atoms with van der Waals surface area (Å²) in [6.07, 6.45) is 3.44. The van der Waals surface area contributed by atoms with E-state index in [0.29, 0.717) is 17.9 Å². The van der Waals surface area contributed by atoms with E-state index in [0.717, 1.165) is 53.5 Å². The number of piperidine rings is 1. The predicted molar refractivity (Wildman–Crippen MR) is 125 cm³/mol. The molecule has 0 radical (unpaired) electrons. The standard InChI is InChI=1S/C25H28N6O/c1-17-13-18(2)20-15-21(25(32)26-22(20)14-17)23(30-11-7-4-8-12-30)24-27-28-29-31(24)16-19-9-5-3-6-10-19/h3,5-6,9-10,13-15,23H,4,7-8,11-12,16H2,1-2H3,(H,26,32). The van der Waals surface area contributed by atoms with E-state index < -0.39 is 0 Å². The highest BCUT2D eigenvalue weighted by Crippen LogP contribution is 2.30. The second kappa shape index (κ2) is 8.67. The highest BCUT2D eigenvalue weighted by Gasteiger charge is 2.31. The summed E-state index contributed by atoms with van der Waals surface area (Å²) in [4.78, 5) is 18.8. The molecule has 164 valence electrons. The average Bonchev–Trinajstić information content (AvgIpc) is 3.23. The van der Waals surface area contributed by atoms with Gasteiger partial charge in [0.2, 0.25) is 0 Å². The molecular formula is C25H28N6O. The molecule has 0 saturated carbocycles. The third kappa shape index (κ3) is 3.96. The summed E-state index contributed by atoms with van der Waals surface area (Å²) >= 11 is 0. The van der Waals surface area contributed by atoms with Crippen LogP contribution >= 0.6 is 0 Å². The third-order valence-corrected chi connectivity index (χ3v) is 6.37. The van der Waals surface area contributed by atoms with E-state index in [-0.39, 0.29) is 11.6 Å². The van der Waals surface area contributed by atoms with Crippen LogP contribution in [0.2, 0.25) is 0 Å². The van der Waals surface area contributed by atoms with Crippen molar-refractivity contribution in [2.45, 2.75) is 45.7 Å². The Labute approximate surface area is 187 Å². The molecule has 1 atom stereocenters. The SMILES string of the molecule is Cc1cc(C)c2cc(C(c3nnnn3Cc3ccccc3)N3CCCCC3)c(=O)[nH]c2c1. The fourth-order valence-corrected chi connectivity index (χ4v) is 4.84. The summed E-state index contributed by atoms with van der Waals surface area (Å²) in [6, 6.07) is 16.1. The number of rotatable bonds is 5. The van der Waals surface area contributed by atoms with Gasteiger partial charge in [-0.15, -0.1) is 5.10 Å². The largest absolute Gasteiger partial charge is 0.322 e. The lowest BCUT2D eigenvalue weighted by Gasteiger charge is -2.33. The molecule has 1 aliphatic heterocycles. The van der Waals surface area contributed by atoms with E-state index in [4.69, 9.17) is 0 Å². The molecule has 32 heavy (non-hydrogen) atoms. The van der Waals surface area contributed by atoms with E-state index in [2.05, 4.69) is 50.5 Å². The van der Waals surface area contributed by atoms with Crippen molar-refractivity contribution in [1.82, 2.24) is 30.1 Å². The van der Waals surface area contributed by atoms with Crippen molar-refractivity contribution >= 4 is 10.9 Å². The molecule has 1 saturated heterocycles. The van der Waals surface area contributed by atoms with Crippen LogP contribution < -0.4 is 5.56 Å². The van der Waals surface area contributed by atoms with Crippen LogP contribution in [0.5, 0.6) is 0 Å². The fraction of sp³-hybridized carbons (Fsp3) is 0.360. The Kier molecular flexibility index (Phi) is 5.57. The van der Waals surface area contributed by atoms with Gasteiger partial charge in [-0.2, -0.15) is 0 Å². The predicted octanol–water partition coefficient (Wildman–Crippen LogP) is 3.76. The molecule has 4 aromatic rings. The Morgan fingerprint density at radius 3 is 2.59 bits per heavy atom. The molecule has 0 bridgehead atoms. The van der Waals surface area contributed by atoms with Gasteiger partial charge in [-0.3, -0.25) is 9.69 Å². The van der Waals surface area contributed by atoms with Crippen LogP contribution in [-0.4, -0.2) is 43.2 Å². The Morgan fingerprint density at radius 1 is 1.03 bits per heavy atom. The number of aromatic amines is 1. The number of nitrogens with zero attached hydrogens (tertiary/aromatic N) is 5. The van der Waals surface area contributed by atoms with Gasteiger partial charge in [-0.25, -0.2) is 4.68 Å². The first kappa shape index (κ1) is 20.6. The quantitative estimate of drug-likeness (QED) is 0.524. The molecule has 1 unspecified atom stereocenters. The second-order valence-electron chi connectivity index (χ2n) is 8.78. The summed E-state index contributed by atoms with van der Waals surface area (Å²) in [5, 5.41) is 13.8. The summed E-state index contributed by atoms with van der Waals surface area (Å²) in [5.41, 5.74) is 4.91. The first-order valence-corrected chi connectivity index (χ1v) is 11.3. The van der Waals surface area contributed by atoms with Gasteiger partial charge in [-0.05, 0) is 79.0 Å². The lowest BCUT2D eigenvalue weighted by Crippen LogP contribution is -2.38. The molecule has 0 spiro atoms. The van der Waals surface area contributed by atoms with Crippen molar-refractivity contribution in [3.8, 4) is 0 Å². The molecule has 1 aliphatic rings. The van der Waals surface area contributed by atoms with E-state index in [9.17, 15) is 4.79 Å². The molecular weight excluding hydrogens is 400 g/mol. The smallest absolute Gasteiger partial charge is 0.253 e. The minimum absolute atomic E-state index is 0.0765. The summed E-state index contributed by atoms with van der Waals surface area (Å²) in [7, 11) is 0. The summed E-state index contributed by atoms with van der Waals surface area (Å²) < 4.78 is 1.83. The van der Waals surface area contributed by atoms with Gasteiger partial charge in [0.05, 0.1) is 6.54 Å². The van der Waals surface area contributed by atoms with Crippen LogP contribution in [0.15, 0.2) is 53.3 Å². The van der Waals surface area contributed by atoms with Crippen molar-refractivity contribution in [3.63, 3.8) is 0 Å². The number of nitrogens with one attached hydrogen (secondary N) is 1. The minimum atomic E-state index is -0.289. The summed E-state index contributed by atoms with van der Waals surface area (Å²) in [6.45, 7) is 6.55. The maximum Gasteiger partial charge on any atom is 0.253 e. The van der Waals surface area contributed by atoms with E-state index in [1.54, 1.807) is 0 Å². The van der Waals surface area contributed by atoms with Crippen molar-refractivity contribution in [3.05, 3.63) is 87.0 Å². The maximum absolute atomic E-state index is 13.3. The molecule has 5 rings (SSSR count). The Hall–Kier alpha value is -3.32. The molecule has 3 heterocycles. The lowest BCUT2D eigenvalue weighted by atomic mass is 9.98. The van der Waals surface area contributed by atoms with Crippen molar-refractivity contribution in [2.75, 3.05) is 13.1 Å². The molecule has 1 N–H and O–H groups in total. The van der Waals surface area contributed by atoms with Crippen LogP contribution in [0.4, 0.5) is 0 Å². The average molecular weight is 429 g/mol. The van der Waals surface area contributed by atoms with E-state index in [1.165, 1.54) is 6.42 Å². The number of aromatic nitrogens is 5. The Bertz CT molecular complexity index is 1290. The normalized spacial score (nSPS) is 15.8. The van der Waals surface area contributed by atoms with Gasteiger partial charge in [0, 0.05) is 16.5 Å². The van der Waals surface area contributed by atoms with Crippen molar-refractivity contribution in [1.29, 1.82) is 0 Å². The van der Waals surface area contributed by atoms with Gasteiger partial charge in [-0.1, -0.05) is 42.8 Å². The molecule has 1 fully saturated rings. The van der Waals surface area contributed by atoms with Gasteiger partial charge in [0.1, 0.15) is 6.04 Å². The molecule has 7 heteroatoms. The van der Waals surface area contributed by atoms with E-state index in [1.807, 2.05) is 41.9 Å². The Balaban J connectivity index is 1.64. The molecule has 2 aromatic heterocycles. The lowest BCUT2D eigenvalue weighted by molar-refractivity contribution is 0.177. The zero-order valence-corrected chi connectivity index (χ0v) is 18.6. The van der Waals surface area contributed by atoms with Crippen LogP contribution in [0.3, 0.4) is 0 Å². The number of fused-ring (bicyclic) bond motifs is 1. The van der Waals surface area contributed by atoms with Crippen LogP contribution in [0, 0.1) is 13.8 Å². The first-order chi connectivity index (χ1) is 15.6. The third-order valence-electron chi connectivity index (χ3n) is 6.37. The van der Waals surface area contributed by atoms with Crippen molar-refractivity contribution < 1.29 is 0 Å². The van der Waals surface area contributed by atoms with Gasteiger partial charge >= 0.3 is 0 Å². The molecule has 7 nitrogen and oxygen atoms in total. The topological polar surface area (TPSA) is 79.7 Å². The van der Waals surface area contributed by atoms with Gasteiger partial charge < -0.3 is 4.98 Å². The maximum atomic E-state index is 13.3. The fourth-order valence-electron chi connectivity index (χ4n) is 4.84. The highest BCUT2D eigenvalue weighted by atomic mass is 16.1. The van der Waals surface area contributed by atoms with Crippen molar-refractivity contribution in [2.24, 2.45) is 0 Å². The number of H-pyrrole nitrogens is 1. The molecule has 0 aliphatic carbocycles. The number of hydrogen-bond donors (Lipinski definition) is 1. The van der Waals surface area contributed by atoms with Crippen LogP contribution in [-0.2, 0) is 6.54 Å². The number of tetrazole rings is 1. The number of aryl methyl sites for hydroxylation is 2. The number of pyridine rings is 1. The Morgan fingerprint density at radius 2 is 1.81 bits per heavy atom. The number of likely N-dealkylation sites (tertiary alicyclic amines) is 1. The number of benzene rings is 2. The number of hydrogen-bond acceptors (Lipinski definition) is 5. The first-order valence-electron chi connectivity index (χ1n) is 11.3. The van der Waals surface area contributed by atoms with Gasteiger partial charge in [0.25, 0.3) is 5.56 Å².